The predicted molar refractivity (Wildman–Crippen MR) is 185 cm³/mol. The van der Waals surface area contributed by atoms with E-state index in [1.165, 1.54) is 4.31 Å². The van der Waals surface area contributed by atoms with E-state index in [0.717, 1.165) is 16.7 Å². The number of benzene rings is 4. The normalized spacial score (nSPS) is 13.4. The topological polar surface area (TPSA) is 142 Å². The SMILES string of the molecule is Cc1cc(C)c(S(=O)N(CCO)CCO)c(C)c1Nc1cc(Oc2ccc(C(C)(C)C)cc2)c(N)c2c1C(=O)c1ccccc1C2=O. The van der Waals surface area contributed by atoms with E-state index in [4.69, 9.17) is 10.5 Å². The van der Waals surface area contributed by atoms with E-state index >= 15 is 0 Å². The Bertz CT molecular complexity index is 1890. The zero-order valence-corrected chi connectivity index (χ0v) is 28.4. The maximum Gasteiger partial charge on any atom is 0.196 e. The molecule has 10 heteroatoms. The largest absolute Gasteiger partial charge is 0.455 e. The molecular weight excluding hydrogens is 614 g/mol. The molecule has 0 amide bonds. The molecule has 1 unspecified atom stereocenters. The van der Waals surface area contributed by atoms with Gasteiger partial charge in [-0.15, -0.1) is 0 Å². The minimum absolute atomic E-state index is 0.0554. The first kappa shape index (κ1) is 34.0. The van der Waals surface area contributed by atoms with Crippen LogP contribution in [0, 0.1) is 20.8 Å². The van der Waals surface area contributed by atoms with Crippen LogP contribution in [0.2, 0.25) is 0 Å². The highest BCUT2D eigenvalue weighted by Crippen LogP contribution is 2.44. The monoisotopic (exact) mass is 655 g/mol. The van der Waals surface area contributed by atoms with E-state index in [9.17, 15) is 24.0 Å². The third-order valence-electron chi connectivity index (χ3n) is 8.42. The molecule has 0 saturated heterocycles. The second-order valence-electron chi connectivity index (χ2n) is 12.8. The first-order chi connectivity index (χ1) is 22.3. The highest BCUT2D eigenvalue weighted by Gasteiger charge is 2.36. The van der Waals surface area contributed by atoms with E-state index in [-0.39, 0.29) is 77.0 Å². The van der Waals surface area contributed by atoms with Crippen LogP contribution in [0.4, 0.5) is 17.1 Å². The van der Waals surface area contributed by atoms with Crippen LogP contribution in [0.15, 0.2) is 65.6 Å². The number of rotatable bonds is 10. The minimum atomic E-state index is -1.70. The number of nitrogens with zero attached hydrogens (tertiary/aromatic N) is 1. The molecule has 9 nitrogen and oxygen atoms in total. The second-order valence-corrected chi connectivity index (χ2v) is 14.2. The quantitative estimate of drug-likeness (QED) is 0.132. The average Bonchev–Trinajstić information content (AvgIpc) is 3.02. The Balaban J connectivity index is 1.68. The third kappa shape index (κ3) is 6.46. The number of hydrogen-bond acceptors (Lipinski definition) is 8. The molecule has 47 heavy (non-hydrogen) atoms. The number of anilines is 3. The fourth-order valence-corrected chi connectivity index (χ4v) is 7.47. The zero-order valence-electron chi connectivity index (χ0n) is 27.6. The summed E-state index contributed by atoms with van der Waals surface area (Å²) in [6, 6.07) is 17.8. The number of carbonyl (C=O) groups excluding carboxylic acids is 2. The Morgan fingerprint density at radius 2 is 1.43 bits per heavy atom. The molecule has 0 fully saturated rings. The molecule has 4 aromatic carbocycles. The van der Waals surface area contributed by atoms with Crippen LogP contribution in [0.25, 0.3) is 0 Å². The molecule has 0 aromatic heterocycles. The molecule has 0 spiro atoms. The zero-order chi connectivity index (χ0) is 34.2. The second kappa shape index (κ2) is 13.4. The lowest BCUT2D eigenvalue weighted by atomic mass is 9.82. The summed E-state index contributed by atoms with van der Waals surface area (Å²) in [4.78, 5) is 28.5. The number of nitrogens with one attached hydrogen (secondary N) is 1. The summed E-state index contributed by atoms with van der Waals surface area (Å²) < 4.78 is 21.6. The summed E-state index contributed by atoms with van der Waals surface area (Å²) in [7, 11) is -1.70. The van der Waals surface area contributed by atoms with Crippen molar-refractivity contribution < 1.29 is 28.7 Å². The molecular formula is C37H41N3O6S. The molecule has 0 bridgehead atoms. The Kier molecular flexibility index (Phi) is 9.70. The number of nitrogens with two attached hydrogens (primary N) is 1. The summed E-state index contributed by atoms with van der Waals surface area (Å²) in [5, 5.41) is 22.5. The molecule has 0 heterocycles. The van der Waals surface area contributed by atoms with Crippen molar-refractivity contribution in [3.63, 3.8) is 0 Å². The first-order valence-corrected chi connectivity index (χ1v) is 16.6. The van der Waals surface area contributed by atoms with Crippen molar-refractivity contribution in [3.8, 4) is 11.5 Å². The Morgan fingerprint density at radius 1 is 0.851 bits per heavy atom. The Hall–Kier alpha value is -4.35. The number of ketones is 2. The number of carbonyl (C=O) groups is 2. The molecule has 1 aliphatic rings. The van der Waals surface area contributed by atoms with Crippen molar-refractivity contribution in [2.24, 2.45) is 0 Å². The minimum Gasteiger partial charge on any atom is -0.455 e. The number of hydrogen-bond donors (Lipinski definition) is 4. The van der Waals surface area contributed by atoms with E-state index in [1.807, 2.05) is 51.1 Å². The molecule has 5 rings (SSSR count). The molecule has 1 atom stereocenters. The van der Waals surface area contributed by atoms with Gasteiger partial charge in [0.1, 0.15) is 16.7 Å². The fourth-order valence-electron chi connectivity index (χ4n) is 6.02. The van der Waals surface area contributed by atoms with Crippen LogP contribution < -0.4 is 15.8 Å². The van der Waals surface area contributed by atoms with Crippen LogP contribution in [-0.2, 0) is 16.4 Å². The van der Waals surface area contributed by atoms with Crippen LogP contribution >= 0.6 is 0 Å². The smallest absolute Gasteiger partial charge is 0.196 e. The van der Waals surface area contributed by atoms with Crippen LogP contribution in [0.5, 0.6) is 11.5 Å². The maximum absolute atomic E-state index is 14.1. The number of aliphatic hydroxyl groups is 2. The van der Waals surface area contributed by atoms with Gasteiger partial charge in [0, 0.05) is 36.0 Å². The van der Waals surface area contributed by atoms with E-state index < -0.39 is 11.0 Å². The van der Waals surface area contributed by atoms with Gasteiger partial charge < -0.3 is 26.0 Å². The van der Waals surface area contributed by atoms with Crippen molar-refractivity contribution in [3.05, 3.63) is 105 Å². The molecule has 0 saturated carbocycles. The van der Waals surface area contributed by atoms with Gasteiger partial charge in [0.25, 0.3) is 0 Å². The highest BCUT2D eigenvalue weighted by molar-refractivity contribution is 7.82. The molecule has 246 valence electrons. The summed E-state index contributed by atoms with van der Waals surface area (Å²) in [6.45, 7) is 11.7. The van der Waals surface area contributed by atoms with Crippen molar-refractivity contribution in [2.75, 3.05) is 37.4 Å². The Morgan fingerprint density at radius 3 is 1.98 bits per heavy atom. The lowest BCUT2D eigenvalue weighted by molar-refractivity contribution is 0.0980. The Labute approximate surface area is 278 Å². The van der Waals surface area contributed by atoms with E-state index in [1.54, 1.807) is 30.3 Å². The number of fused-ring (bicyclic) bond motifs is 2. The van der Waals surface area contributed by atoms with Gasteiger partial charge in [-0.25, -0.2) is 8.51 Å². The molecule has 1 aliphatic carbocycles. The number of aliphatic hydroxyl groups excluding tert-OH is 2. The van der Waals surface area contributed by atoms with Gasteiger partial charge in [-0.1, -0.05) is 63.2 Å². The van der Waals surface area contributed by atoms with Crippen LogP contribution in [0.3, 0.4) is 0 Å². The van der Waals surface area contributed by atoms with Crippen molar-refractivity contribution in [2.45, 2.75) is 51.9 Å². The van der Waals surface area contributed by atoms with Gasteiger partial charge in [0.05, 0.1) is 40.6 Å². The number of ether oxygens (including phenoxy) is 1. The van der Waals surface area contributed by atoms with Crippen molar-refractivity contribution in [1.29, 1.82) is 0 Å². The first-order valence-electron chi connectivity index (χ1n) is 15.5. The summed E-state index contributed by atoms with van der Waals surface area (Å²) >= 11 is 0. The summed E-state index contributed by atoms with van der Waals surface area (Å²) in [5.74, 6) is -0.0155. The maximum atomic E-state index is 14.1. The number of aryl methyl sites for hydroxylation is 2. The lowest BCUT2D eigenvalue weighted by Crippen LogP contribution is -2.32. The number of nitrogen functional groups attached to an aromatic ring is 1. The molecule has 0 radical (unpaired) electrons. The molecule has 4 aromatic rings. The predicted octanol–water partition coefficient (Wildman–Crippen LogP) is 6.11. The summed E-state index contributed by atoms with van der Waals surface area (Å²) in [6.07, 6.45) is 0. The van der Waals surface area contributed by atoms with E-state index in [2.05, 4.69) is 26.1 Å². The van der Waals surface area contributed by atoms with Crippen molar-refractivity contribution in [1.82, 2.24) is 4.31 Å². The third-order valence-corrected chi connectivity index (χ3v) is 10.2. The van der Waals surface area contributed by atoms with Gasteiger partial charge >= 0.3 is 0 Å². The van der Waals surface area contributed by atoms with Crippen LogP contribution in [-0.4, -0.2) is 56.6 Å². The molecule has 5 N–H and O–H groups in total. The highest BCUT2D eigenvalue weighted by atomic mass is 32.2. The summed E-state index contributed by atoms with van der Waals surface area (Å²) in [5.41, 5.74) is 11.7. The lowest BCUT2D eigenvalue weighted by Gasteiger charge is -2.27. The van der Waals surface area contributed by atoms with Crippen LogP contribution in [0.1, 0.15) is 74.9 Å². The van der Waals surface area contributed by atoms with Crippen molar-refractivity contribution >= 4 is 39.6 Å². The van der Waals surface area contributed by atoms with Gasteiger partial charge in [0.15, 0.2) is 17.3 Å². The van der Waals surface area contributed by atoms with Gasteiger partial charge in [-0.05, 0) is 60.6 Å². The van der Waals surface area contributed by atoms with Gasteiger partial charge in [-0.3, -0.25) is 9.59 Å². The standard InChI is InChI=1S/C37H41N3O6S/c1-21-19-22(2)36(47(45)40(15-17-41)16-18-42)23(3)33(21)39-28-20-29(46-25-13-11-24(12-14-25)37(4,5)6)32(38)31-30(28)34(43)26-9-7-8-10-27(26)35(31)44/h7-14,19-20,39,41-42H,15-18,38H2,1-6H3. The average molecular weight is 656 g/mol. The molecule has 0 aliphatic heterocycles. The van der Waals surface area contributed by atoms with Gasteiger partial charge in [-0.2, -0.15) is 0 Å². The van der Waals surface area contributed by atoms with E-state index in [0.29, 0.717) is 27.6 Å². The fraction of sp³-hybridized carbons (Fsp3) is 0.297. The van der Waals surface area contributed by atoms with Gasteiger partial charge in [0.2, 0.25) is 0 Å².